The first kappa shape index (κ1) is 25.3. The number of nitrogens with zero attached hydrogens (tertiary/aromatic N) is 2. The summed E-state index contributed by atoms with van der Waals surface area (Å²) in [6.45, 7) is 0.444. The molecule has 4 rings (SSSR count). The van der Waals surface area contributed by atoms with Gasteiger partial charge < -0.3 is 10.6 Å². The number of anilines is 2. The Bertz CT molecular complexity index is 1270. The molecule has 1 aromatic carbocycles. The Labute approximate surface area is 210 Å². The summed E-state index contributed by atoms with van der Waals surface area (Å²) in [5, 5.41) is 7.16. The molecular weight excluding hydrogens is 491 g/mol. The molecule has 3 aromatic rings. The number of rotatable bonds is 9. The Morgan fingerprint density at radius 3 is 2.60 bits per heavy atom. The van der Waals surface area contributed by atoms with E-state index >= 15 is 0 Å². The number of hydrogen-bond acceptors (Lipinski definition) is 7. The van der Waals surface area contributed by atoms with Crippen LogP contribution in [0.1, 0.15) is 31.2 Å². The maximum absolute atomic E-state index is 13.4. The third-order valence-electron chi connectivity index (χ3n) is 6.14. The zero-order valence-electron chi connectivity index (χ0n) is 19.4. The molecule has 35 heavy (non-hydrogen) atoms. The van der Waals surface area contributed by atoms with Gasteiger partial charge in [-0.25, -0.2) is 14.4 Å². The highest BCUT2D eigenvalue weighted by Gasteiger charge is 2.26. The third kappa shape index (κ3) is 7.13. The van der Waals surface area contributed by atoms with Gasteiger partial charge in [0.25, 0.3) is 10.1 Å². The van der Waals surface area contributed by atoms with Gasteiger partial charge in [0.2, 0.25) is 0 Å². The second kappa shape index (κ2) is 11.3. The van der Waals surface area contributed by atoms with Gasteiger partial charge in [0.1, 0.15) is 17.5 Å². The van der Waals surface area contributed by atoms with Crippen LogP contribution in [0.25, 0.3) is 11.3 Å². The summed E-state index contributed by atoms with van der Waals surface area (Å²) in [5.74, 6) is 1.24. The van der Waals surface area contributed by atoms with Crippen molar-refractivity contribution in [3.8, 4) is 11.3 Å². The first-order valence-electron chi connectivity index (χ1n) is 11.5. The first-order chi connectivity index (χ1) is 16.8. The highest BCUT2D eigenvalue weighted by molar-refractivity contribution is 7.86. The van der Waals surface area contributed by atoms with Crippen LogP contribution >= 0.6 is 11.6 Å². The average Bonchev–Trinajstić information content (AvgIpc) is 2.85. The zero-order valence-corrected chi connectivity index (χ0v) is 20.9. The Morgan fingerprint density at radius 1 is 1.09 bits per heavy atom. The largest absolute Gasteiger partial charge is 0.367 e. The lowest BCUT2D eigenvalue weighted by Crippen LogP contribution is -2.29. The minimum Gasteiger partial charge on any atom is -0.367 e. The molecule has 0 saturated heterocycles. The van der Waals surface area contributed by atoms with E-state index in [1.165, 1.54) is 19.2 Å². The van der Waals surface area contributed by atoms with E-state index in [0.29, 0.717) is 28.9 Å². The zero-order chi connectivity index (χ0) is 24.8. The highest BCUT2D eigenvalue weighted by Crippen LogP contribution is 2.31. The van der Waals surface area contributed by atoms with Crippen LogP contribution in [0.3, 0.4) is 0 Å². The summed E-state index contributed by atoms with van der Waals surface area (Å²) in [7, 11) is -2.23. The Balaban J connectivity index is 1.40. The third-order valence-corrected chi connectivity index (χ3v) is 7.82. The van der Waals surface area contributed by atoms with Crippen molar-refractivity contribution in [3.05, 3.63) is 71.1 Å². The van der Waals surface area contributed by atoms with Crippen LogP contribution < -0.4 is 10.6 Å². The van der Waals surface area contributed by atoms with Crippen LogP contribution in [0.4, 0.5) is 16.0 Å². The number of benzene rings is 1. The van der Waals surface area contributed by atoms with Crippen molar-refractivity contribution in [2.75, 3.05) is 23.5 Å². The average molecular weight is 519 g/mol. The van der Waals surface area contributed by atoms with E-state index in [0.717, 1.165) is 36.8 Å². The number of halogens is 2. The molecule has 0 amide bonds. The van der Waals surface area contributed by atoms with Crippen molar-refractivity contribution in [1.82, 2.24) is 9.97 Å². The molecule has 7 nitrogen and oxygen atoms in total. The fraction of sp³-hybridized carbons (Fsp3) is 0.360. The number of hydrogen-bond donors (Lipinski definition) is 2. The lowest BCUT2D eigenvalue weighted by atomic mass is 9.87. The minimum atomic E-state index is -3.44. The van der Waals surface area contributed by atoms with Gasteiger partial charge in [-0.2, -0.15) is 8.42 Å². The molecule has 1 aliphatic carbocycles. The molecule has 2 aromatic heterocycles. The van der Waals surface area contributed by atoms with Crippen LogP contribution in [0.15, 0.2) is 54.7 Å². The maximum Gasteiger partial charge on any atom is 0.267 e. The van der Waals surface area contributed by atoms with Crippen molar-refractivity contribution in [2.45, 2.75) is 38.3 Å². The Hall–Kier alpha value is -2.75. The molecule has 0 radical (unpaired) electrons. The molecule has 0 aliphatic heterocycles. The van der Waals surface area contributed by atoms with Gasteiger partial charge in [-0.1, -0.05) is 29.8 Å². The molecule has 1 aliphatic rings. The second-order valence-electron chi connectivity index (χ2n) is 8.69. The molecule has 0 bridgehead atoms. The highest BCUT2D eigenvalue weighted by atomic mass is 35.5. The smallest absolute Gasteiger partial charge is 0.267 e. The standard InChI is InChI=1S/C25H28ClFN4O3S/c1-34-35(32,33)16-17-8-10-20(11-9-17)30-25-13-21(22(26)15-29-25)23-6-3-7-24(31-23)28-14-18-4-2-5-19(27)12-18/h2-7,12-13,15,17,20H,8-11,14,16H2,1H3,(H,28,31)(H,29,30)/t17-,20-. The van der Waals surface area contributed by atoms with E-state index in [1.54, 1.807) is 12.3 Å². The summed E-state index contributed by atoms with van der Waals surface area (Å²) in [4.78, 5) is 9.09. The molecule has 0 atom stereocenters. The predicted molar refractivity (Wildman–Crippen MR) is 136 cm³/mol. The van der Waals surface area contributed by atoms with Crippen molar-refractivity contribution in [3.63, 3.8) is 0 Å². The van der Waals surface area contributed by atoms with Crippen LogP contribution in [-0.2, 0) is 20.8 Å². The summed E-state index contributed by atoms with van der Waals surface area (Å²) in [6.07, 6.45) is 4.91. The molecular formula is C25H28ClFN4O3S. The molecule has 0 unspecified atom stereocenters. The van der Waals surface area contributed by atoms with E-state index in [4.69, 9.17) is 11.6 Å². The van der Waals surface area contributed by atoms with Gasteiger partial charge in [0.15, 0.2) is 0 Å². The van der Waals surface area contributed by atoms with Gasteiger partial charge in [-0.3, -0.25) is 4.18 Å². The topological polar surface area (TPSA) is 93.2 Å². The SMILES string of the molecule is COS(=O)(=O)C[C@H]1CC[C@H](Nc2cc(-c3cccc(NCc4cccc(F)c4)n3)c(Cl)cn2)CC1. The predicted octanol–water partition coefficient (Wildman–Crippen LogP) is 5.50. The van der Waals surface area contributed by atoms with Gasteiger partial charge in [0, 0.05) is 24.3 Å². The van der Waals surface area contributed by atoms with Crippen LogP contribution in [0.5, 0.6) is 0 Å². The van der Waals surface area contributed by atoms with E-state index in [2.05, 4.69) is 24.8 Å². The van der Waals surface area contributed by atoms with Crippen molar-refractivity contribution >= 4 is 33.4 Å². The van der Waals surface area contributed by atoms with Gasteiger partial charge in [-0.15, -0.1) is 0 Å². The summed E-state index contributed by atoms with van der Waals surface area (Å²) >= 11 is 6.45. The van der Waals surface area contributed by atoms with Gasteiger partial charge in [-0.05, 0) is 67.5 Å². The maximum atomic E-state index is 13.4. The second-order valence-corrected chi connectivity index (χ2v) is 10.9. The lowest BCUT2D eigenvalue weighted by molar-refractivity contribution is 0.340. The molecule has 1 fully saturated rings. The van der Waals surface area contributed by atoms with E-state index in [1.807, 2.05) is 30.3 Å². The number of aromatic nitrogens is 2. The molecule has 0 spiro atoms. The van der Waals surface area contributed by atoms with Crippen LogP contribution in [-0.4, -0.2) is 37.3 Å². The van der Waals surface area contributed by atoms with Crippen molar-refractivity contribution in [1.29, 1.82) is 0 Å². The Morgan fingerprint density at radius 2 is 1.86 bits per heavy atom. The summed E-state index contributed by atoms with van der Waals surface area (Å²) in [5.41, 5.74) is 2.26. The van der Waals surface area contributed by atoms with Crippen molar-refractivity contribution in [2.24, 2.45) is 5.92 Å². The molecule has 2 N–H and O–H groups in total. The quantitative estimate of drug-likeness (QED) is 0.361. The summed E-state index contributed by atoms with van der Waals surface area (Å²) in [6, 6.07) is 14.1. The van der Waals surface area contributed by atoms with E-state index in [-0.39, 0.29) is 23.5 Å². The first-order valence-corrected chi connectivity index (χ1v) is 13.4. The number of pyridine rings is 2. The summed E-state index contributed by atoms with van der Waals surface area (Å²) < 4.78 is 41.4. The molecule has 186 valence electrons. The van der Waals surface area contributed by atoms with Gasteiger partial charge >= 0.3 is 0 Å². The van der Waals surface area contributed by atoms with Gasteiger partial charge in [0.05, 0.1) is 23.6 Å². The molecule has 1 saturated carbocycles. The number of nitrogens with one attached hydrogen (secondary N) is 2. The molecule has 2 heterocycles. The molecule has 10 heteroatoms. The van der Waals surface area contributed by atoms with E-state index < -0.39 is 10.1 Å². The minimum absolute atomic E-state index is 0.0643. The Kier molecular flexibility index (Phi) is 8.20. The van der Waals surface area contributed by atoms with E-state index in [9.17, 15) is 12.8 Å². The normalized spacial score (nSPS) is 18.3. The van der Waals surface area contributed by atoms with Crippen LogP contribution in [0.2, 0.25) is 5.02 Å². The monoisotopic (exact) mass is 518 g/mol. The lowest BCUT2D eigenvalue weighted by Gasteiger charge is -2.29. The fourth-order valence-electron chi connectivity index (χ4n) is 4.28. The van der Waals surface area contributed by atoms with Crippen molar-refractivity contribution < 1.29 is 17.0 Å². The van der Waals surface area contributed by atoms with Crippen LogP contribution in [0, 0.1) is 11.7 Å². The fourth-order valence-corrected chi connectivity index (χ4v) is 5.52.